The number of aliphatic hydroxyl groups is 1. The van der Waals surface area contributed by atoms with E-state index >= 15 is 0 Å². The second kappa shape index (κ2) is 9.58. The zero-order valence-electron chi connectivity index (χ0n) is 16.6. The third-order valence-electron chi connectivity index (χ3n) is 4.49. The van der Waals surface area contributed by atoms with E-state index in [1.807, 2.05) is 67.7 Å². The van der Waals surface area contributed by atoms with Crippen molar-refractivity contribution < 1.29 is 5.11 Å². The second-order valence-electron chi connectivity index (χ2n) is 6.96. The van der Waals surface area contributed by atoms with Crippen LogP contribution in [0.2, 0.25) is 5.02 Å². The molecule has 0 aliphatic carbocycles. The Morgan fingerprint density at radius 1 is 1.14 bits per heavy atom. The normalized spacial score (nSPS) is 13.7. The summed E-state index contributed by atoms with van der Waals surface area (Å²) in [4.78, 5) is 4.61. The number of rotatable bonds is 7. The fraction of sp³-hybridized carbons (Fsp3) is 0.273. The van der Waals surface area contributed by atoms with Gasteiger partial charge in [-0.2, -0.15) is 5.10 Å². The van der Waals surface area contributed by atoms with Gasteiger partial charge in [-0.05, 0) is 43.7 Å². The van der Waals surface area contributed by atoms with Crippen molar-refractivity contribution in [2.24, 2.45) is 4.99 Å². The molecule has 3 aromatic rings. The number of nitrogens with one attached hydrogen (secondary N) is 2. The van der Waals surface area contributed by atoms with E-state index in [0.717, 1.165) is 23.4 Å². The van der Waals surface area contributed by atoms with Crippen LogP contribution in [0.4, 0.5) is 0 Å². The minimum atomic E-state index is -1.00. The van der Waals surface area contributed by atoms with E-state index in [1.165, 1.54) is 0 Å². The summed E-state index contributed by atoms with van der Waals surface area (Å²) in [6.45, 7) is 5.33. The van der Waals surface area contributed by atoms with E-state index in [2.05, 4.69) is 20.7 Å². The molecule has 3 N–H and O–H groups in total. The number of aliphatic imine (C=N–C) groups is 1. The van der Waals surface area contributed by atoms with Crippen molar-refractivity contribution in [1.29, 1.82) is 0 Å². The van der Waals surface area contributed by atoms with Crippen molar-refractivity contribution in [2.75, 3.05) is 13.1 Å². The average molecular weight is 412 g/mol. The SMILES string of the molecule is CCNC(=NCc1cnn(-c2ccc(Cl)cc2)c1)NCC(C)(O)c1ccccc1. The van der Waals surface area contributed by atoms with Gasteiger partial charge in [0.05, 0.1) is 25.0 Å². The molecule has 0 amide bonds. The topological polar surface area (TPSA) is 74.5 Å². The van der Waals surface area contributed by atoms with E-state index in [0.29, 0.717) is 24.1 Å². The molecule has 2 aromatic carbocycles. The van der Waals surface area contributed by atoms with Crippen LogP contribution in [0.25, 0.3) is 5.69 Å². The molecule has 152 valence electrons. The lowest BCUT2D eigenvalue weighted by atomic mass is 9.96. The number of benzene rings is 2. The van der Waals surface area contributed by atoms with Crippen molar-refractivity contribution in [2.45, 2.75) is 26.0 Å². The molecule has 1 atom stereocenters. The van der Waals surface area contributed by atoms with Gasteiger partial charge >= 0.3 is 0 Å². The zero-order chi connectivity index (χ0) is 20.7. The Kier molecular flexibility index (Phi) is 6.90. The molecule has 0 spiro atoms. The van der Waals surface area contributed by atoms with Crippen molar-refractivity contribution in [3.8, 4) is 5.69 Å². The van der Waals surface area contributed by atoms with E-state index in [1.54, 1.807) is 17.8 Å². The number of hydrogen-bond acceptors (Lipinski definition) is 3. The second-order valence-corrected chi connectivity index (χ2v) is 7.39. The van der Waals surface area contributed by atoms with Crippen molar-refractivity contribution in [3.05, 3.63) is 83.1 Å². The fourth-order valence-corrected chi connectivity index (χ4v) is 2.97. The summed E-state index contributed by atoms with van der Waals surface area (Å²) in [7, 11) is 0. The largest absolute Gasteiger partial charge is 0.384 e. The van der Waals surface area contributed by atoms with E-state index in [4.69, 9.17) is 11.6 Å². The molecule has 7 heteroatoms. The van der Waals surface area contributed by atoms with Gasteiger partial charge in [0.1, 0.15) is 5.60 Å². The maximum absolute atomic E-state index is 10.8. The first-order valence-corrected chi connectivity index (χ1v) is 9.95. The maximum atomic E-state index is 10.8. The molecular weight excluding hydrogens is 386 g/mol. The lowest BCUT2D eigenvalue weighted by molar-refractivity contribution is 0.0617. The number of guanidine groups is 1. The van der Waals surface area contributed by atoms with Crippen LogP contribution < -0.4 is 10.6 Å². The Hall–Kier alpha value is -2.83. The molecule has 0 aliphatic rings. The van der Waals surface area contributed by atoms with Crippen LogP contribution in [0.1, 0.15) is 25.0 Å². The molecule has 1 aromatic heterocycles. The first-order chi connectivity index (χ1) is 14.0. The van der Waals surface area contributed by atoms with Gasteiger partial charge in [0.15, 0.2) is 5.96 Å². The van der Waals surface area contributed by atoms with Gasteiger partial charge in [-0.25, -0.2) is 9.67 Å². The molecule has 0 radical (unpaired) electrons. The molecule has 0 saturated heterocycles. The lowest BCUT2D eigenvalue weighted by Gasteiger charge is -2.25. The molecule has 0 bridgehead atoms. The van der Waals surface area contributed by atoms with Gasteiger partial charge in [-0.3, -0.25) is 0 Å². The van der Waals surface area contributed by atoms with Gasteiger partial charge in [-0.1, -0.05) is 41.9 Å². The first kappa shape index (κ1) is 20.9. The van der Waals surface area contributed by atoms with Crippen molar-refractivity contribution >= 4 is 17.6 Å². The van der Waals surface area contributed by atoms with Gasteiger partial charge in [-0.15, -0.1) is 0 Å². The number of nitrogens with zero attached hydrogens (tertiary/aromatic N) is 3. The van der Waals surface area contributed by atoms with Crippen LogP contribution in [0.15, 0.2) is 72.0 Å². The highest BCUT2D eigenvalue weighted by Crippen LogP contribution is 2.19. The van der Waals surface area contributed by atoms with Crippen molar-refractivity contribution in [1.82, 2.24) is 20.4 Å². The molecule has 0 aliphatic heterocycles. The molecule has 29 heavy (non-hydrogen) atoms. The molecular formula is C22H26ClN5O. The summed E-state index contributed by atoms with van der Waals surface area (Å²) in [5.74, 6) is 0.642. The van der Waals surface area contributed by atoms with Crippen LogP contribution >= 0.6 is 11.6 Å². The van der Waals surface area contributed by atoms with Gasteiger partial charge in [0.2, 0.25) is 0 Å². The van der Waals surface area contributed by atoms with Crippen LogP contribution in [-0.4, -0.2) is 33.9 Å². The lowest BCUT2D eigenvalue weighted by Crippen LogP contribution is -2.44. The Morgan fingerprint density at radius 2 is 1.86 bits per heavy atom. The standard InChI is InChI=1S/C22H26ClN5O/c1-3-24-21(26-16-22(2,29)18-7-5-4-6-8-18)25-13-17-14-27-28(15-17)20-11-9-19(23)10-12-20/h4-12,14-15,29H,3,13,16H2,1-2H3,(H2,24,25,26). The fourth-order valence-electron chi connectivity index (χ4n) is 2.84. The predicted molar refractivity (Wildman–Crippen MR) is 117 cm³/mol. The summed E-state index contributed by atoms with van der Waals surface area (Å²) < 4.78 is 1.79. The molecule has 6 nitrogen and oxygen atoms in total. The summed E-state index contributed by atoms with van der Waals surface area (Å²) in [6.07, 6.45) is 3.73. The quantitative estimate of drug-likeness (QED) is 0.411. The Labute approximate surface area is 176 Å². The minimum Gasteiger partial charge on any atom is -0.384 e. The average Bonchev–Trinajstić information content (AvgIpc) is 3.20. The Balaban J connectivity index is 1.64. The van der Waals surface area contributed by atoms with E-state index < -0.39 is 5.60 Å². The van der Waals surface area contributed by atoms with E-state index in [9.17, 15) is 5.11 Å². The highest BCUT2D eigenvalue weighted by atomic mass is 35.5. The predicted octanol–water partition coefficient (Wildman–Crippen LogP) is 3.49. The van der Waals surface area contributed by atoms with Gasteiger partial charge < -0.3 is 15.7 Å². The summed E-state index contributed by atoms with van der Waals surface area (Å²) in [5, 5.41) is 22.3. The number of hydrogen-bond donors (Lipinski definition) is 3. The Bertz CT molecular complexity index is 935. The smallest absolute Gasteiger partial charge is 0.191 e. The summed E-state index contributed by atoms with van der Waals surface area (Å²) in [6, 6.07) is 17.1. The number of aromatic nitrogens is 2. The molecule has 1 heterocycles. The molecule has 3 rings (SSSR count). The minimum absolute atomic E-state index is 0.340. The third kappa shape index (κ3) is 5.82. The molecule has 0 fully saturated rings. The first-order valence-electron chi connectivity index (χ1n) is 9.57. The molecule has 0 saturated carbocycles. The Morgan fingerprint density at radius 3 is 2.55 bits per heavy atom. The monoisotopic (exact) mass is 411 g/mol. The zero-order valence-corrected chi connectivity index (χ0v) is 17.4. The van der Waals surface area contributed by atoms with E-state index in [-0.39, 0.29) is 0 Å². The van der Waals surface area contributed by atoms with Gasteiger partial charge in [0, 0.05) is 23.3 Å². The summed E-state index contributed by atoms with van der Waals surface area (Å²) in [5.41, 5.74) is 1.77. The highest BCUT2D eigenvalue weighted by Gasteiger charge is 2.22. The van der Waals surface area contributed by atoms with Crippen LogP contribution in [0.5, 0.6) is 0 Å². The summed E-state index contributed by atoms with van der Waals surface area (Å²) >= 11 is 5.94. The number of halogens is 1. The third-order valence-corrected chi connectivity index (χ3v) is 4.74. The maximum Gasteiger partial charge on any atom is 0.191 e. The van der Waals surface area contributed by atoms with Crippen LogP contribution in [0, 0.1) is 0 Å². The van der Waals surface area contributed by atoms with Crippen LogP contribution in [0.3, 0.4) is 0 Å². The highest BCUT2D eigenvalue weighted by molar-refractivity contribution is 6.30. The van der Waals surface area contributed by atoms with Crippen LogP contribution in [-0.2, 0) is 12.1 Å². The molecule has 1 unspecified atom stereocenters. The van der Waals surface area contributed by atoms with Crippen molar-refractivity contribution in [3.63, 3.8) is 0 Å². The van der Waals surface area contributed by atoms with Gasteiger partial charge in [0.25, 0.3) is 0 Å².